The van der Waals surface area contributed by atoms with Gasteiger partial charge in [-0.3, -0.25) is 14.4 Å². The number of hydrogen-bond donors (Lipinski definition) is 0. The van der Waals surface area contributed by atoms with Crippen LogP contribution in [0.4, 0.5) is 30.7 Å². The maximum atomic E-state index is 13.4. The molecule has 0 aromatic carbocycles. The van der Waals surface area contributed by atoms with E-state index < -0.39 is 66.2 Å². The van der Waals surface area contributed by atoms with Crippen molar-refractivity contribution < 1.29 is 45.1 Å². The van der Waals surface area contributed by atoms with E-state index in [4.69, 9.17) is 4.74 Å². The molecular formula is C19H20F7N3O3. The normalized spacial score (nSPS) is 16.7. The summed E-state index contributed by atoms with van der Waals surface area (Å²) in [5.74, 6) is -6.30. The van der Waals surface area contributed by atoms with Gasteiger partial charge in [0.2, 0.25) is 5.92 Å². The largest absolute Gasteiger partial charge is 0.471 e. The Kier molecular flexibility index (Phi) is 7.10. The van der Waals surface area contributed by atoms with Crippen LogP contribution in [0.25, 0.3) is 5.70 Å². The van der Waals surface area contributed by atoms with Crippen LogP contribution in [-0.4, -0.2) is 51.8 Å². The summed E-state index contributed by atoms with van der Waals surface area (Å²) in [5.41, 5.74) is -2.35. The van der Waals surface area contributed by atoms with Gasteiger partial charge in [0, 0.05) is 38.1 Å². The molecule has 0 atom stereocenters. The fraction of sp³-hybridized carbons (Fsp3) is 0.526. The second kappa shape index (κ2) is 8.94. The Hall–Kier alpha value is -2.86. The first kappa shape index (κ1) is 25.4. The molecule has 1 aliphatic rings. The van der Waals surface area contributed by atoms with Crippen LogP contribution in [-0.2, 0) is 16.1 Å². The number of alkyl halides is 5. The minimum Gasteiger partial charge on any atom is -0.461 e. The molecule has 1 aromatic heterocycles. The van der Waals surface area contributed by atoms with Crippen molar-refractivity contribution in [2.24, 2.45) is 5.41 Å². The Morgan fingerprint density at radius 2 is 1.91 bits per heavy atom. The van der Waals surface area contributed by atoms with E-state index in [0.717, 1.165) is 10.7 Å². The molecular weight excluding hydrogens is 451 g/mol. The number of hydrogen-bond acceptors (Lipinski definition) is 4. The third-order valence-corrected chi connectivity index (χ3v) is 4.70. The molecule has 32 heavy (non-hydrogen) atoms. The van der Waals surface area contributed by atoms with Crippen molar-refractivity contribution in [3.05, 3.63) is 36.2 Å². The quantitative estimate of drug-likeness (QED) is 0.410. The molecule has 1 amide bonds. The fourth-order valence-electron chi connectivity index (χ4n) is 3.49. The van der Waals surface area contributed by atoms with E-state index in [1.165, 1.54) is 13.8 Å². The Bertz CT molecular complexity index is 925. The minimum absolute atomic E-state index is 0.0606. The second-order valence-electron chi connectivity index (χ2n) is 7.67. The highest BCUT2D eigenvalue weighted by Crippen LogP contribution is 2.52. The molecule has 2 rings (SSSR count). The lowest BCUT2D eigenvalue weighted by atomic mass is 9.67. The highest BCUT2D eigenvalue weighted by atomic mass is 19.4. The summed E-state index contributed by atoms with van der Waals surface area (Å²) in [4.78, 5) is 23.9. The van der Waals surface area contributed by atoms with Gasteiger partial charge in [-0.15, -0.1) is 0 Å². The third kappa shape index (κ3) is 5.88. The predicted octanol–water partition coefficient (Wildman–Crippen LogP) is 4.64. The molecule has 1 aliphatic carbocycles. The number of amides is 1. The van der Waals surface area contributed by atoms with Gasteiger partial charge in [-0.1, -0.05) is 13.5 Å². The van der Waals surface area contributed by atoms with E-state index in [2.05, 4.69) is 11.7 Å². The average molecular weight is 471 g/mol. The van der Waals surface area contributed by atoms with E-state index in [-0.39, 0.29) is 29.8 Å². The van der Waals surface area contributed by atoms with E-state index in [9.17, 15) is 40.3 Å². The zero-order valence-corrected chi connectivity index (χ0v) is 17.1. The van der Waals surface area contributed by atoms with Crippen LogP contribution < -0.4 is 0 Å². The smallest absolute Gasteiger partial charge is 0.461 e. The molecule has 0 spiro atoms. The first-order chi connectivity index (χ1) is 14.6. The summed E-state index contributed by atoms with van der Waals surface area (Å²) in [6.45, 7) is 4.93. The lowest BCUT2D eigenvalue weighted by molar-refractivity contribution is -0.181. The van der Waals surface area contributed by atoms with E-state index in [1.54, 1.807) is 0 Å². The topological polar surface area (TPSA) is 64.4 Å². The molecule has 1 fully saturated rings. The van der Waals surface area contributed by atoms with Crippen LogP contribution in [0.15, 0.2) is 24.8 Å². The summed E-state index contributed by atoms with van der Waals surface area (Å²) in [7, 11) is 0. The number of carbonyl (C=O) groups is 2. The molecule has 0 radical (unpaired) electrons. The van der Waals surface area contributed by atoms with E-state index >= 15 is 0 Å². The van der Waals surface area contributed by atoms with Crippen LogP contribution in [0.2, 0.25) is 0 Å². The van der Waals surface area contributed by atoms with Crippen LogP contribution in [0.3, 0.4) is 0 Å². The van der Waals surface area contributed by atoms with Gasteiger partial charge in [0.1, 0.15) is 11.4 Å². The van der Waals surface area contributed by atoms with Crippen molar-refractivity contribution in [2.75, 3.05) is 13.2 Å². The molecule has 1 saturated carbocycles. The van der Waals surface area contributed by atoms with Crippen molar-refractivity contribution in [1.29, 1.82) is 0 Å². The first-order valence-electron chi connectivity index (χ1n) is 9.30. The number of ether oxygens (including phenoxy) is 1. The number of nitrogens with zero attached hydrogens (tertiary/aromatic N) is 3. The lowest BCUT2D eigenvalue weighted by Crippen LogP contribution is -2.47. The zero-order chi connectivity index (χ0) is 24.5. The Balaban J connectivity index is 2.43. The molecule has 13 heteroatoms. The SMILES string of the molecule is C=C(c1cc(C(=O)OCC)n(CC2(C)CC(F)(F)C2)n1)N(CC=C(F)F)C(=O)C(F)(F)F. The summed E-state index contributed by atoms with van der Waals surface area (Å²) in [6.07, 6.45) is -8.65. The van der Waals surface area contributed by atoms with Crippen LogP contribution in [0.5, 0.6) is 0 Å². The molecule has 0 aliphatic heterocycles. The Morgan fingerprint density at radius 3 is 2.38 bits per heavy atom. The molecule has 1 heterocycles. The van der Waals surface area contributed by atoms with Crippen molar-refractivity contribution in [2.45, 2.75) is 45.3 Å². The number of rotatable bonds is 8. The zero-order valence-electron chi connectivity index (χ0n) is 17.1. The van der Waals surface area contributed by atoms with Gasteiger partial charge in [0.25, 0.3) is 6.08 Å². The van der Waals surface area contributed by atoms with Crippen molar-refractivity contribution in [3.8, 4) is 0 Å². The molecule has 1 aromatic rings. The number of halogens is 7. The van der Waals surface area contributed by atoms with Crippen LogP contribution in [0.1, 0.15) is 42.9 Å². The highest BCUT2D eigenvalue weighted by Gasteiger charge is 2.54. The van der Waals surface area contributed by atoms with Crippen molar-refractivity contribution >= 4 is 17.6 Å². The number of aromatic nitrogens is 2. The van der Waals surface area contributed by atoms with Gasteiger partial charge in [-0.2, -0.15) is 27.1 Å². The maximum Gasteiger partial charge on any atom is 0.471 e. The second-order valence-corrected chi connectivity index (χ2v) is 7.67. The molecule has 0 N–H and O–H groups in total. The van der Waals surface area contributed by atoms with Crippen LogP contribution >= 0.6 is 0 Å². The standard InChI is InChI=1S/C19H20F7N3O3/c1-4-32-15(30)13-7-12(27-29(13)10-17(3)8-18(22,23)9-17)11(2)28(6-5-14(20)21)16(31)19(24,25)26/h5,7H,2,4,6,8-10H2,1,3H3. The first-order valence-corrected chi connectivity index (χ1v) is 9.30. The molecule has 178 valence electrons. The van der Waals surface area contributed by atoms with E-state index in [1.807, 2.05) is 0 Å². The molecule has 0 unspecified atom stereocenters. The Morgan fingerprint density at radius 1 is 1.31 bits per heavy atom. The monoisotopic (exact) mass is 471 g/mol. The lowest BCUT2D eigenvalue weighted by Gasteiger charge is -2.44. The Labute approximate surface area is 178 Å². The van der Waals surface area contributed by atoms with Gasteiger partial charge >= 0.3 is 18.1 Å². The van der Waals surface area contributed by atoms with Crippen molar-refractivity contribution in [3.63, 3.8) is 0 Å². The van der Waals surface area contributed by atoms with Crippen molar-refractivity contribution in [1.82, 2.24) is 14.7 Å². The average Bonchev–Trinajstić information content (AvgIpc) is 3.02. The molecule has 0 bridgehead atoms. The van der Waals surface area contributed by atoms with E-state index in [0.29, 0.717) is 0 Å². The summed E-state index contributed by atoms with van der Waals surface area (Å²) < 4.78 is 96.3. The predicted molar refractivity (Wildman–Crippen MR) is 97.6 cm³/mol. The third-order valence-electron chi connectivity index (χ3n) is 4.70. The summed E-state index contributed by atoms with van der Waals surface area (Å²) in [5, 5.41) is 3.94. The van der Waals surface area contributed by atoms with Gasteiger partial charge in [0.15, 0.2) is 0 Å². The highest BCUT2D eigenvalue weighted by molar-refractivity contribution is 5.92. The number of carbonyl (C=O) groups excluding carboxylic acids is 2. The molecule has 6 nitrogen and oxygen atoms in total. The maximum absolute atomic E-state index is 13.4. The summed E-state index contributed by atoms with van der Waals surface area (Å²) in [6, 6.07) is 0.965. The van der Waals surface area contributed by atoms with Gasteiger partial charge < -0.3 is 4.74 Å². The summed E-state index contributed by atoms with van der Waals surface area (Å²) >= 11 is 0. The van der Waals surface area contributed by atoms with Gasteiger partial charge in [-0.05, 0) is 12.3 Å². The van der Waals surface area contributed by atoms with Gasteiger partial charge in [-0.25, -0.2) is 13.6 Å². The number of esters is 1. The minimum atomic E-state index is -5.40. The van der Waals surface area contributed by atoms with Crippen LogP contribution in [0, 0.1) is 5.41 Å². The molecule has 0 saturated heterocycles. The fourth-order valence-corrected chi connectivity index (χ4v) is 3.49. The van der Waals surface area contributed by atoms with Gasteiger partial charge in [0.05, 0.1) is 12.3 Å².